The molecule has 1 heterocycles. The first kappa shape index (κ1) is 27.5. The molecule has 0 radical (unpaired) electrons. The molecule has 2 aromatic carbocycles. The van der Waals surface area contributed by atoms with Crippen molar-refractivity contribution in [1.29, 1.82) is 0 Å². The third-order valence-corrected chi connectivity index (χ3v) is 7.02. The lowest BCUT2D eigenvalue weighted by atomic mass is 9.70. The number of nitrogens with one attached hydrogen (secondary N) is 1. The molecule has 1 aliphatic carbocycles. The van der Waals surface area contributed by atoms with Crippen molar-refractivity contribution in [1.82, 2.24) is 5.32 Å². The summed E-state index contributed by atoms with van der Waals surface area (Å²) in [6.45, 7) is 12.9. The van der Waals surface area contributed by atoms with E-state index >= 15 is 0 Å². The number of fused-ring (bicyclic) bond motifs is 1. The van der Waals surface area contributed by atoms with E-state index in [4.69, 9.17) is 14.2 Å². The minimum Gasteiger partial charge on any atom is -0.492 e. The molecule has 4 rings (SSSR count). The molecule has 0 fully saturated rings. The first-order chi connectivity index (χ1) is 18.0. The normalized spacial score (nSPS) is 19.8. The molecule has 0 aromatic heterocycles. The summed E-state index contributed by atoms with van der Waals surface area (Å²) in [6.07, 6.45) is 8.19. The van der Waals surface area contributed by atoms with Crippen molar-refractivity contribution in [3.8, 4) is 17.2 Å². The molecule has 0 saturated heterocycles. The van der Waals surface area contributed by atoms with Crippen LogP contribution < -0.4 is 19.5 Å². The molecule has 1 aliphatic heterocycles. The zero-order valence-corrected chi connectivity index (χ0v) is 23.2. The van der Waals surface area contributed by atoms with E-state index in [9.17, 15) is 9.18 Å². The molecule has 202 valence electrons. The Hall–Kier alpha value is -3.54. The second kappa shape index (κ2) is 11.1. The first-order valence-electron chi connectivity index (χ1n) is 13.2. The van der Waals surface area contributed by atoms with Gasteiger partial charge in [-0.25, -0.2) is 4.39 Å². The predicted molar refractivity (Wildman–Crippen MR) is 148 cm³/mol. The third kappa shape index (κ3) is 6.12. The first-order valence-corrected chi connectivity index (χ1v) is 13.2. The van der Waals surface area contributed by atoms with Crippen molar-refractivity contribution >= 4 is 5.97 Å². The van der Waals surface area contributed by atoms with Gasteiger partial charge < -0.3 is 19.5 Å². The summed E-state index contributed by atoms with van der Waals surface area (Å²) in [5, 5.41) is 3.67. The SMILES string of the molecule is CCCC(=O)Oc1ccc(C)c(OCC2(COc3cc(F)ccc3C)C=CC=C3NC(C)(C)CC(C)=C32)c1. The Morgan fingerprint density at radius 2 is 1.66 bits per heavy atom. The van der Waals surface area contributed by atoms with Crippen LogP contribution in [0.2, 0.25) is 0 Å². The van der Waals surface area contributed by atoms with E-state index in [0.29, 0.717) is 23.7 Å². The summed E-state index contributed by atoms with van der Waals surface area (Å²) in [5.74, 6) is 1.01. The lowest BCUT2D eigenvalue weighted by Crippen LogP contribution is -2.48. The van der Waals surface area contributed by atoms with E-state index < -0.39 is 5.41 Å². The Morgan fingerprint density at radius 1 is 1.00 bits per heavy atom. The summed E-state index contributed by atoms with van der Waals surface area (Å²) in [6, 6.07) is 10.0. The minimum atomic E-state index is -0.627. The van der Waals surface area contributed by atoms with E-state index in [2.05, 4.69) is 38.2 Å². The van der Waals surface area contributed by atoms with Gasteiger partial charge >= 0.3 is 5.97 Å². The molecule has 6 heteroatoms. The van der Waals surface area contributed by atoms with Gasteiger partial charge in [-0.05, 0) is 82.4 Å². The number of hydrogen-bond acceptors (Lipinski definition) is 5. The summed E-state index contributed by atoms with van der Waals surface area (Å²) in [4.78, 5) is 12.0. The number of aryl methyl sites for hydroxylation is 2. The number of carbonyl (C=O) groups excluding carboxylic acids is 1. The Labute approximate surface area is 225 Å². The molecular formula is C32H38FNO4. The van der Waals surface area contributed by atoms with Crippen LogP contribution in [0.3, 0.4) is 0 Å². The summed E-state index contributed by atoms with van der Waals surface area (Å²) in [5.41, 5.74) is 4.53. The topological polar surface area (TPSA) is 56.8 Å². The Balaban J connectivity index is 1.67. The summed E-state index contributed by atoms with van der Waals surface area (Å²) >= 11 is 0. The molecule has 5 nitrogen and oxygen atoms in total. The van der Waals surface area contributed by atoms with Crippen molar-refractivity contribution in [2.75, 3.05) is 13.2 Å². The fourth-order valence-corrected chi connectivity index (χ4v) is 5.29. The second-order valence-corrected chi connectivity index (χ2v) is 11.1. The zero-order valence-electron chi connectivity index (χ0n) is 23.2. The largest absolute Gasteiger partial charge is 0.492 e. The summed E-state index contributed by atoms with van der Waals surface area (Å²) in [7, 11) is 0. The Bertz CT molecular complexity index is 1310. The molecule has 1 N–H and O–H groups in total. The zero-order chi connectivity index (χ0) is 27.5. The van der Waals surface area contributed by atoms with Gasteiger partial charge in [0, 0.05) is 29.8 Å². The van der Waals surface area contributed by atoms with Crippen LogP contribution in [-0.2, 0) is 4.79 Å². The fourth-order valence-electron chi connectivity index (χ4n) is 5.29. The van der Waals surface area contributed by atoms with Gasteiger partial charge in [0.25, 0.3) is 0 Å². The number of benzene rings is 2. The highest BCUT2D eigenvalue weighted by molar-refractivity contribution is 5.72. The van der Waals surface area contributed by atoms with Gasteiger partial charge in [-0.2, -0.15) is 0 Å². The van der Waals surface area contributed by atoms with Crippen LogP contribution in [0.1, 0.15) is 58.1 Å². The molecule has 2 aliphatic rings. The second-order valence-electron chi connectivity index (χ2n) is 11.1. The molecule has 1 unspecified atom stereocenters. The van der Waals surface area contributed by atoms with E-state index in [-0.39, 0.29) is 30.5 Å². The standard InChI is InChI=1S/C32H38FNO4/c1-7-9-29(35)38-25-14-12-22(3)28(17-25)37-20-32(19-36-27-16-24(33)13-11-21(27)2)15-8-10-26-30(32)23(4)18-31(5,6)34-26/h8,10-17,34H,7,9,18-20H2,1-6H3. The average molecular weight is 520 g/mol. The van der Waals surface area contributed by atoms with Crippen LogP contribution in [-0.4, -0.2) is 24.7 Å². The molecular weight excluding hydrogens is 481 g/mol. The van der Waals surface area contributed by atoms with Crippen LogP contribution in [0.5, 0.6) is 17.2 Å². The van der Waals surface area contributed by atoms with Crippen molar-refractivity contribution in [2.24, 2.45) is 5.41 Å². The maximum absolute atomic E-state index is 14.0. The maximum atomic E-state index is 14.0. The maximum Gasteiger partial charge on any atom is 0.311 e. The van der Waals surface area contributed by atoms with E-state index in [1.807, 2.05) is 32.9 Å². The number of hydrogen-bond donors (Lipinski definition) is 1. The number of halogens is 1. The van der Waals surface area contributed by atoms with Crippen LogP contribution in [0.25, 0.3) is 0 Å². The van der Waals surface area contributed by atoms with Crippen molar-refractivity contribution in [2.45, 2.75) is 66.3 Å². The van der Waals surface area contributed by atoms with Crippen LogP contribution >= 0.6 is 0 Å². The van der Waals surface area contributed by atoms with Gasteiger partial charge in [0.1, 0.15) is 36.3 Å². The van der Waals surface area contributed by atoms with Gasteiger partial charge in [-0.3, -0.25) is 4.79 Å². The van der Waals surface area contributed by atoms with Gasteiger partial charge in [0.2, 0.25) is 0 Å². The Kier molecular flexibility index (Phi) is 8.00. The van der Waals surface area contributed by atoms with Gasteiger partial charge in [0.15, 0.2) is 0 Å². The molecule has 0 amide bonds. The van der Waals surface area contributed by atoms with Crippen molar-refractivity contribution in [3.05, 3.63) is 88.4 Å². The number of rotatable bonds is 9. The fraction of sp³-hybridized carbons (Fsp3) is 0.406. The molecule has 2 aromatic rings. The van der Waals surface area contributed by atoms with Crippen molar-refractivity contribution < 1.29 is 23.4 Å². The lowest BCUT2D eigenvalue weighted by Gasteiger charge is -2.44. The van der Waals surface area contributed by atoms with Gasteiger partial charge in [-0.1, -0.05) is 36.8 Å². The van der Waals surface area contributed by atoms with Gasteiger partial charge in [-0.15, -0.1) is 0 Å². The Morgan fingerprint density at radius 3 is 2.34 bits per heavy atom. The highest BCUT2D eigenvalue weighted by atomic mass is 19.1. The molecule has 0 spiro atoms. The smallest absolute Gasteiger partial charge is 0.311 e. The molecule has 38 heavy (non-hydrogen) atoms. The highest BCUT2D eigenvalue weighted by Crippen LogP contribution is 2.45. The molecule has 0 bridgehead atoms. The quantitative estimate of drug-likeness (QED) is 0.282. The highest BCUT2D eigenvalue weighted by Gasteiger charge is 2.43. The number of allylic oxidation sites excluding steroid dienone is 3. The average Bonchev–Trinajstić information content (AvgIpc) is 2.84. The number of carbonyl (C=O) groups is 1. The third-order valence-electron chi connectivity index (χ3n) is 7.02. The number of esters is 1. The monoisotopic (exact) mass is 519 g/mol. The van der Waals surface area contributed by atoms with E-state index in [1.165, 1.54) is 17.7 Å². The predicted octanol–water partition coefficient (Wildman–Crippen LogP) is 7.13. The molecule has 1 atom stereocenters. The summed E-state index contributed by atoms with van der Waals surface area (Å²) < 4.78 is 32.3. The van der Waals surface area contributed by atoms with Crippen LogP contribution in [0, 0.1) is 25.1 Å². The number of ether oxygens (including phenoxy) is 3. The van der Waals surface area contributed by atoms with E-state index in [1.54, 1.807) is 18.2 Å². The van der Waals surface area contributed by atoms with Crippen LogP contribution in [0.15, 0.2) is 71.5 Å². The lowest BCUT2D eigenvalue weighted by molar-refractivity contribution is -0.134. The van der Waals surface area contributed by atoms with E-state index in [0.717, 1.165) is 35.2 Å². The van der Waals surface area contributed by atoms with Crippen LogP contribution in [0.4, 0.5) is 4.39 Å². The molecule has 0 saturated carbocycles. The van der Waals surface area contributed by atoms with Gasteiger partial charge in [0.05, 0.1) is 5.41 Å². The van der Waals surface area contributed by atoms with Crippen molar-refractivity contribution in [3.63, 3.8) is 0 Å². The minimum absolute atomic E-state index is 0.0789.